The standard InChI is InChI=1S/C15H21N3O2/c1-2-14(19)17-12-5-3-6-13(9-12)18-15(20)10-11-7-4-8-16-11/h3,5-6,9,11,16H,2,4,7-8,10H2,1H3,(H,17,19)(H,18,20). The summed E-state index contributed by atoms with van der Waals surface area (Å²) in [6.45, 7) is 2.80. The quantitative estimate of drug-likeness (QED) is 0.771. The fourth-order valence-corrected chi connectivity index (χ4v) is 2.29. The van der Waals surface area contributed by atoms with Gasteiger partial charge in [-0.2, -0.15) is 0 Å². The van der Waals surface area contributed by atoms with E-state index in [1.807, 2.05) is 18.2 Å². The van der Waals surface area contributed by atoms with E-state index in [0.717, 1.165) is 19.4 Å². The molecular formula is C15H21N3O2. The number of nitrogens with one attached hydrogen (secondary N) is 3. The van der Waals surface area contributed by atoms with Crippen molar-refractivity contribution in [1.29, 1.82) is 0 Å². The van der Waals surface area contributed by atoms with Gasteiger partial charge in [-0.1, -0.05) is 13.0 Å². The summed E-state index contributed by atoms with van der Waals surface area (Å²) >= 11 is 0. The molecule has 5 heteroatoms. The highest BCUT2D eigenvalue weighted by Crippen LogP contribution is 2.16. The number of carbonyl (C=O) groups is 2. The number of anilines is 2. The van der Waals surface area contributed by atoms with E-state index < -0.39 is 0 Å². The van der Waals surface area contributed by atoms with Crippen molar-refractivity contribution in [1.82, 2.24) is 5.32 Å². The first-order valence-electron chi connectivity index (χ1n) is 7.10. The number of amides is 2. The van der Waals surface area contributed by atoms with Gasteiger partial charge in [0.15, 0.2) is 0 Å². The number of carbonyl (C=O) groups excluding carboxylic acids is 2. The van der Waals surface area contributed by atoms with Gasteiger partial charge in [0.05, 0.1) is 0 Å². The molecule has 20 heavy (non-hydrogen) atoms. The maximum Gasteiger partial charge on any atom is 0.225 e. The number of hydrogen-bond acceptors (Lipinski definition) is 3. The number of benzene rings is 1. The Hall–Kier alpha value is -1.88. The minimum atomic E-state index is -0.0383. The molecule has 1 unspecified atom stereocenters. The van der Waals surface area contributed by atoms with Crippen molar-refractivity contribution in [3.63, 3.8) is 0 Å². The van der Waals surface area contributed by atoms with Crippen LogP contribution >= 0.6 is 0 Å². The average Bonchev–Trinajstić information content (AvgIpc) is 2.91. The zero-order valence-corrected chi connectivity index (χ0v) is 11.7. The maximum atomic E-state index is 11.9. The lowest BCUT2D eigenvalue weighted by atomic mass is 10.1. The summed E-state index contributed by atoms with van der Waals surface area (Å²) in [7, 11) is 0. The smallest absolute Gasteiger partial charge is 0.225 e. The molecule has 5 nitrogen and oxygen atoms in total. The fraction of sp³-hybridized carbons (Fsp3) is 0.467. The predicted octanol–water partition coefficient (Wildman–Crippen LogP) is 2.12. The van der Waals surface area contributed by atoms with Gasteiger partial charge in [-0.3, -0.25) is 9.59 Å². The Balaban J connectivity index is 1.89. The molecule has 1 aliphatic heterocycles. The normalized spacial score (nSPS) is 17.8. The molecule has 0 spiro atoms. The highest BCUT2D eigenvalue weighted by atomic mass is 16.2. The van der Waals surface area contributed by atoms with Gasteiger partial charge in [0.25, 0.3) is 0 Å². The predicted molar refractivity (Wildman–Crippen MR) is 79.6 cm³/mol. The minimum Gasteiger partial charge on any atom is -0.326 e. The van der Waals surface area contributed by atoms with Crippen LogP contribution in [0.4, 0.5) is 11.4 Å². The first kappa shape index (κ1) is 14.5. The second-order valence-electron chi connectivity index (χ2n) is 5.03. The van der Waals surface area contributed by atoms with Crippen LogP contribution < -0.4 is 16.0 Å². The van der Waals surface area contributed by atoms with Crippen LogP contribution in [0.5, 0.6) is 0 Å². The zero-order chi connectivity index (χ0) is 14.4. The number of rotatable bonds is 5. The van der Waals surface area contributed by atoms with Crippen molar-refractivity contribution in [3.8, 4) is 0 Å². The summed E-state index contributed by atoms with van der Waals surface area (Å²) in [5, 5.41) is 8.95. The van der Waals surface area contributed by atoms with E-state index in [0.29, 0.717) is 24.2 Å². The molecular weight excluding hydrogens is 254 g/mol. The summed E-state index contributed by atoms with van der Waals surface area (Å²) in [5.74, 6) is -0.0352. The lowest BCUT2D eigenvalue weighted by molar-refractivity contribution is -0.117. The molecule has 1 fully saturated rings. The monoisotopic (exact) mass is 275 g/mol. The van der Waals surface area contributed by atoms with E-state index in [1.54, 1.807) is 13.0 Å². The first-order valence-corrected chi connectivity index (χ1v) is 7.10. The van der Waals surface area contributed by atoms with Gasteiger partial charge in [0.2, 0.25) is 11.8 Å². The Morgan fingerprint density at radius 2 is 1.95 bits per heavy atom. The first-order chi connectivity index (χ1) is 9.67. The van der Waals surface area contributed by atoms with Gasteiger partial charge in [-0.15, -0.1) is 0 Å². The molecule has 1 aliphatic rings. The largest absolute Gasteiger partial charge is 0.326 e. The second-order valence-corrected chi connectivity index (χ2v) is 5.03. The Morgan fingerprint density at radius 3 is 2.55 bits per heavy atom. The third-order valence-electron chi connectivity index (χ3n) is 3.35. The van der Waals surface area contributed by atoms with Crippen LogP contribution in [0, 0.1) is 0 Å². The zero-order valence-electron chi connectivity index (χ0n) is 11.7. The van der Waals surface area contributed by atoms with Crippen LogP contribution in [0.3, 0.4) is 0 Å². The van der Waals surface area contributed by atoms with Crippen LogP contribution in [0.15, 0.2) is 24.3 Å². The maximum absolute atomic E-state index is 11.9. The molecule has 0 bridgehead atoms. The fourth-order valence-electron chi connectivity index (χ4n) is 2.29. The second kappa shape index (κ2) is 7.05. The number of hydrogen-bond donors (Lipinski definition) is 3. The van der Waals surface area contributed by atoms with Crippen molar-refractivity contribution in [2.24, 2.45) is 0 Å². The van der Waals surface area contributed by atoms with Crippen molar-refractivity contribution < 1.29 is 9.59 Å². The Kier molecular flexibility index (Phi) is 5.12. The van der Waals surface area contributed by atoms with Gasteiger partial charge < -0.3 is 16.0 Å². The van der Waals surface area contributed by atoms with Crippen LogP contribution in [-0.4, -0.2) is 24.4 Å². The lowest BCUT2D eigenvalue weighted by Gasteiger charge is -2.11. The minimum absolute atomic E-state index is 0.00312. The van der Waals surface area contributed by atoms with Gasteiger partial charge in [-0.05, 0) is 37.6 Å². The average molecular weight is 275 g/mol. The van der Waals surface area contributed by atoms with E-state index in [9.17, 15) is 9.59 Å². The summed E-state index contributed by atoms with van der Waals surface area (Å²) in [4.78, 5) is 23.3. The molecule has 1 atom stereocenters. The van der Waals surface area contributed by atoms with Crippen LogP contribution in [0.2, 0.25) is 0 Å². The highest BCUT2D eigenvalue weighted by Gasteiger charge is 2.17. The molecule has 108 valence electrons. The van der Waals surface area contributed by atoms with Crippen molar-refractivity contribution in [2.75, 3.05) is 17.2 Å². The van der Waals surface area contributed by atoms with E-state index in [4.69, 9.17) is 0 Å². The molecule has 1 saturated heterocycles. The molecule has 1 aromatic rings. The van der Waals surface area contributed by atoms with Crippen LogP contribution in [0.25, 0.3) is 0 Å². The third-order valence-corrected chi connectivity index (χ3v) is 3.35. The molecule has 1 aromatic carbocycles. The summed E-state index contributed by atoms with van der Waals surface area (Å²) in [6, 6.07) is 7.50. The van der Waals surface area contributed by atoms with Crippen molar-refractivity contribution in [2.45, 2.75) is 38.6 Å². The van der Waals surface area contributed by atoms with Gasteiger partial charge in [0, 0.05) is 30.3 Å². The van der Waals surface area contributed by atoms with E-state index in [1.165, 1.54) is 0 Å². The molecule has 0 saturated carbocycles. The van der Waals surface area contributed by atoms with E-state index in [-0.39, 0.29) is 17.9 Å². The summed E-state index contributed by atoms with van der Waals surface area (Å²) in [5.41, 5.74) is 1.41. The van der Waals surface area contributed by atoms with Gasteiger partial charge in [0.1, 0.15) is 0 Å². The Labute approximate surface area is 119 Å². The van der Waals surface area contributed by atoms with E-state index in [2.05, 4.69) is 16.0 Å². The molecule has 1 heterocycles. The van der Waals surface area contributed by atoms with Gasteiger partial charge >= 0.3 is 0 Å². The molecule has 0 radical (unpaired) electrons. The molecule has 2 amide bonds. The molecule has 0 aromatic heterocycles. The van der Waals surface area contributed by atoms with E-state index >= 15 is 0 Å². The molecule has 2 rings (SSSR count). The summed E-state index contributed by atoms with van der Waals surface area (Å²) < 4.78 is 0. The van der Waals surface area contributed by atoms with Gasteiger partial charge in [-0.25, -0.2) is 0 Å². The molecule has 3 N–H and O–H groups in total. The topological polar surface area (TPSA) is 70.2 Å². The van der Waals surface area contributed by atoms with Crippen molar-refractivity contribution >= 4 is 23.2 Å². The summed E-state index contributed by atoms with van der Waals surface area (Å²) in [6.07, 6.45) is 3.12. The van der Waals surface area contributed by atoms with Crippen LogP contribution in [-0.2, 0) is 9.59 Å². The lowest BCUT2D eigenvalue weighted by Crippen LogP contribution is -2.27. The third kappa shape index (κ3) is 4.35. The van der Waals surface area contributed by atoms with Crippen molar-refractivity contribution in [3.05, 3.63) is 24.3 Å². The Morgan fingerprint density at radius 1 is 1.25 bits per heavy atom. The Bertz CT molecular complexity index is 482. The van der Waals surface area contributed by atoms with Crippen LogP contribution in [0.1, 0.15) is 32.6 Å². The highest BCUT2D eigenvalue weighted by molar-refractivity contribution is 5.94. The molecule has 0 aliphatic carbocycles. The SMILES string of the molecule is CCC(=O)Nc1cccc(NC(=O)CC2CCCN2)c1.